The molecule has 0 heterocycles. The first-order valence-corrected chi connectivity index (χ1v) is 6.84. The second-order valence-electron chi connectivity index (χ2n) is 4.83. The van der Waals surface area contributed by atoms with Crippen LogP contribution in [0.1, 0.15) is 36.5 Å². The fourth-order valence-electron chi connectivity index (χ4n) is 2.05. The van der Waals surface area contributed by atoms with Crippen molar-refractivity contribution >= 4 is 0 Å². The minimum Gasteiger partial charge on any atom is -0.192 e. The van der Waals surface area contributed by atoms with E-state index < -0.39 is 0 Å². The average molecular weight is 259 g/mol. The predicted octanol–water partition coefficient (Wildman–Crippen LogP) is 4.69. The summed E-state index contributed by atoms with van der Waals surface area (Å²) in [7, 11) is 0. The molecule has 2 aromatic rings. The topological polar surface area (TPSA) is 23.8 Å². The van der Waals surface area contributed by atoms with Gasteiger partial charge in [-0.25, -0.2) is 0 Å². The van der Waals surface area contributed by atoms with Crippen LogP contribution >= 0.6 is 0 Å². The number of rotatable bonds is 2. The number of hydrogen-bond acceptors (Lipinski definition) is 1. The molecule has 0 amide bonds. The van der Waals surface area contributed by atoms with Crippen LogP contribution in [0.15, 0.2) is 42.5 Å². The third-order valence-corrected chi connectivity index (χ3v) is 3.02. The molecule has 98 valence electrons. The first kappa shape index (κ1) is 13.9. The zero-order valence-corrected chi connectivity index (χ0v) is 11.9. The second kappa shape index (κ2) is 6.60. The van der Waals surface area contributed by atoms with Crippen LogP contribution in [0.2, 0.25) is 0 Å². The molecule has 0 aliphatic heterocycles. The van der Waals surface area contributed by atoms with Crippen molar-refractivity contribution in [1.82, 2.24) is 0 Å². The number of aryl methyl sites for hydroxylation is 1. The van der Waals surface area contributed by atoms with Crippen molar-refractivity contribution in [3.8, 4) is 29.0 Å². The molecule has 1 heteroatoms. The van der Waals surface area contributed by atoms with Gasteiger partial charge in [-0.05, 0) is 42.7 Å². The third kappa shape index (κ3) is 3.50. The van der Waals surface area contributed by atoms with E-state index in [0.29, 0.717) is 5.56 Å². The molecule has 20 heavy (non-hydrogen) atoms. The highest BCUT2D eigenvalue weighted by molar-refractivity contribution is 5.68. The summed E-state index contributed by atoms with van der Waals surface area (Å²) < 4.78 is 0. The van der Waals surface area contributed by atoms with Gasteiger partial charge in [0.1, 0.15) is 0 Å². The Morgan fingerprint density at radius 3 is 2.50 bits per heavy atom. The van der Waals surface area contributed by atoms with Crippen LogP contribution in [-0.4, -0.2) is 0 Å². The Morgan fingerprint density at radius 2 is 1.80 bits per heavy atom. The second-order valence-corrected chi connectivity index (χ2v) is 4.83. The quantitative estimate of drug-likeness (QED) is 0.718. The van der Waals surface area contributed by atoms with Crippen LogP contribution in [0.25, 0.3) is 11.1 Å². The van der Waals surface area contributed by atoms with Crippen LogP contribution in [0.5, 0.6) is 0 Å². The number of nitriles is 1. The van der Waals surface area contributed by atoms with E-state index in [1.54, 1.807) is 0 Å². The highest BCUT2D eigenvalue weighted by Gasteiger charge is 2.02. The smallest absolute Gasteiger partial charge is 0.0992 e. The molecule has 0 bridgehead atoms. The minimum atomic E-state index is 0.657. The van der Waals surface area contributed by atoms with E-state index in [1.165, 1.54) is 5.56 Å². The molecule has 2 rings (SSSR count). The van der Waals surface area contributed by atoms with Gasteiger partial charge in [-0.15, -0.1) is 0 Å². The summed E-state index contributed by atoms with van der Waals surface area (Å²) in [5.74, 6) is 6.28. The van der Waals surface area contributed by atoms with E-state index in [4.69, 9.17) is 5.26 Å². The summed E-state index contributed by atoms with van der Waals surface area (Å²) in [5.41, 5.74) is 4.96. The normalized spacial score (nSPS) is 9.45. The number of unbranched alkanes of at least 4 members (excludes halogenated alkanes) is 1. The van der Waals surface area contributed by atoms with Gasteiger partial charge in [-0.1, -0.05) is 48.6 Å². The predicted molar refractivity (Wildman–Crippen MR) is 83.1 cm³/mol. The summed E-state index contributed by atoms with van der Waals surface area (Å²) in [6.07, 6.45) is 1.94. The van der Waals surface area contributed by atoms with Crippen molar-refractivity contribution in [3.05, 3.63) is 59.2 Å². The molecule has 0 aliphatic carbocycles. The highest BCUT2D eigenvalue weighted by Crippen LogP contribution is 2.23. The number of hydrogen-bond donors (Lipinski definition) is 0. The maximum absolute atomic E-state index is 9.16. The van der Waals surface area contributed by atoms with E-state index in [2.05, 4.69) is 56.0 Å². The van der Waals surface area contributed by atoms with E-state index in [1.807, 2.05) is 18.2 Å². The van der Waals surface area contributed by atoms with Gasteiger partial charge in [0.25, 0.3) is 0 Å². The molecular weight excluding hydrogens is 242 g/mol. The number of benzene rings is 2. The summed E-state index contributed by atoms with van der Waals surface area (Å²) in [5, 5.41) is 9.16. The molecule has 1 nitrogen and oxygen atoms in total. The lowest BCUT2D eigenvalue weighted by molar-refractivity contribution is 0.983. The molecule has 2 aromatic carbocycles. The first-order chi connectivity index (χ1) is 9.72. The van der Waals surface area contributed by atoms with Gasteiger partial charge in [-0.2, -0.15) is 5.26 Å². The maximum atomic E-state index is 9.16. The molecule has 0 N–H and O–H groups in total. The summed E-state index contributed by atoms with van der Waals surface area (Å²) >= 11 is 0. The molecule has 0 unspecified atom stereocenters. The van der Waals surface area contributed by atoms with Crippen molar-refractivity contribution < 1.29 is 0 Å². The Kier molecular flexibility index (Phi) is 4.59. The molecule has 0 saturated heterocycles. The molecular formula is C19H17N. The fourth-order valence-corrected chi connectivity index (χ4v) is 2.05. The van der Waals surface area contributed by atoms with E-state index in [0.717, 1.165) is 29.5 Å². The van der Waals surface area contributed by atoms with Crippen LogP contribution < -0.4 is 0 Å². The Balaban J connectivity index is 2.47. The van der Waals surface area contributed by atoms with Gasteiger partial charge in [0.15, 0.2) is 0 Å². The van der Waals surface area contributed by atoms with E-state index >= 15 is 0 Å². The monoisotopic (exact) mass is 259 g/mol. The van der Waals surface area contributed by atoms with Crippen LogP contribution in [0.3, 0.4) is 0 Å². The standard InChI is InChI=1S/C19H17N/c1-3-4-5-8-16-11-17(14-20)13-19(12-16)18-9-6-7-15(2)10-18/h6-7,9-13H,3-4H2,1-2H3. The summed E-state index contributed by atoms with van der Waals surface area (Å²) in [6, 6.07) is 16.3. The van der Waals surface area contributed by atoms with Gasteiger partial charge < -0.3 is 0 Å². The molecule has 0 radical (unpaired) electrons. The minimum absolute atomic E-state index is 0.657. The largest absolute Gasteiger partial charge is 0.192 e. The van der Waals surface area contributed by atoms with Gasteiger partial charge >= 0.3 is 0 Å². The Bertz CT molecular complexity index is 709. The third-order valence-electron chi connectivity index (χ3n) is 3.02. The Hall–Kier alpha value is -2.51. The van der Waals surface area contributed by atoms with Gasteiger partial charge in [-0.3, -0.25) is 0 Å². The van der Waals surface area contributed by atoms with Crippen molar-refractivity contribution in [3.63, 3.8) is 0 Å². The molecule has 0 atom stereocenters. The van der Waals surface area contributed by atoms with Gasteiger partial charge in [0.05, 0.1) is 11.6 Å². The Morgan fingerprint density at radius 1 is 1.00 bits per heavy atom. The zero-order valence-electron chi connectivity index (χ0n) is 11.9. The Labute approximate surface area is 120 Å². The molecule has 0 fully saturated rings. The molecule has 0 aliphatic rings. The van der Waals surface area contributed by atoms with Crippen molar-refractivity contribution in [2.75, 3.05) is 0 Å². The lowest BCUT2D eigenvalue weighted by Gasteiger charge is -2.05. The highest BCUT2D eigenvalue weighted by atomic mass is 14.2. The van der Waals surface area contributed by atoms with E-state index in [9.17, 15) is 0 Å². The van der Waals surface area contributed by atoms with Crippen molar-refractivity contribution in [2.45, 2.75) is 26.7 Å². The number of nitrogens with zero attached hydrogens (tertiary/aromatic N) is 1. The lowest BCUT2D eigenvalue weighted by atomic mass is 9.99. The van der Waals surface area contributed by atoms with Gasteiger partial charge in [0, 0.05) is 12.0 Å². The van der Waals surface area contributed by atoms with Crippen LogP contribution in [0.4, 0.5) is 0 Å². The van der Waals surface area contributed by atoms with E-state index in [-0.39, 0.29) is 0 Å². The summed E-state index contributed by atoms with van der Waals surface area (Å²) in [4.78, 5) is 0. The molecule has 0 saturated carbocycles. The average Bonchev–Trinajstić information content (AvgIpc) is 2.47. The first-order valence-electron chi connectivity index (χ1n) is 6.84. The SMILES string of the molecule is CCCC#Cc1cc(C#N)cc(-c2cccc(C)c2)c1. The van der Waals surface area contributed by atoms with Gasteiger partial charge in [0.2, 0.25) is 0 Å². The summed E-state index contributed by atoms with van der Waals surface area (Å²) in [6.45, 7) is 4.18. The van der Waals surface area contributed by atoms with Crippen LogP contribution in [-0.2, 0) is 0 Å². The van der Waals surface area contributed by atoms with Crippen molar-refractivity contribution in [2.24, 2.45) is 0 Å². The maximum Gasteiger partial charge on any atom is 0.0992 e. The van der Waals surface area contributed by atoms with Crippen LogP contribution in [0, 0.1) is 30.1 Å². The molecule has 0 aromatic heterocycles. The fraction of sp³-hybridized carbons (Fsp3) is 0.211. The van der Waals surface area contributed by atoms with Crippen molar-refractivity contribution in [1.29, 1.82) is 5.26 Å². The zero-order chi connectivity index (χ0) is 14.4. The molecule has 0 spiro atoms. The lowest BCUT2D eigenvalue weighted by Crippen LogP contribution is -1.85.